The number of H-pyrrole nitrogens is 1. The quantitative estimate of drug-likeness (QED) is 0.882. The fourth-order valence-electron chi connectivity index (χ4n) is 2.88. The van der Waals surface area contributed by atoms with E-state index in [0.717, 1.165) is 49.5 Å². The van der Waals surface area contributed by atoms with Gasteiger partial charge in [0.25, 0.3) is 0 Å². The van der Waals surface area contributed by atoms with Gasteiger partial charge in [-0.15, -0.1) is 0 Å². The standard InChI is InChI=1S/C15H22N4/c1-15(2,19-9-7-16-8-10-19)11-14-17-12-5-3-4-6-13(12)18-14/h3-6,16H,7-11H2,1-2H3,(H,17,18). The van der Waals surface area contributed by atoms with Crippen LogP contribution >= 0.6 is 0 Å². The molecule has 4 nitrogen and oxygen atoms in total. The Morgan fingerprint density at radius 1 is 1.21 bits per heavy atom. The highest BCUT2D eigenvalue weighted by molar-refractivity contribution is 5.74. The molecule has 0 bridgehead atoms. The molecule has 1 saturated heterocycles. The van der Waals surface area contributed by atoms with Crippen molar-refractivity contribution >= 4 is 11.0 Å². The predicted molar refractivity (Wildman–Crippen MR) is 78.3 cm³/mol. The molecule has 1 aromatic carbocycles. The van der Waals surface area contributed by atoms with Crippen LogP contribution in [0, 0.1) is 0 Å². The molecule has 2 heterocycles. The maximum absolute atomic E-state index is 4.69. The number of rotatable bonds is 3. The first-order chi connectivity index (χ1) is 9.15. The number of nitrogens with zero attached hydrogens (tertiary/aromatic N) is 2. The summed E-state index contributed by atoms with van der Waals surface area (Å²) in [5, 5.41) is 3.41. The van der Waals surface area contributed by atoms with Gasteiger partial charge in [-0.1, -0.05) is 12.1 Å². The second-order valence-electron chi connectivity index (χ2n) is 5.93. The van der Waals surface area contributed by atoms with Gasteiger partial charge >= 0.3 is 0 Å². The number of aromatic amines is 1. The van der Waals surface area contributed by atoms with Gasteiger partial charge in [0.2, 0.25) is 0 Å². The van der Waals surface area contributed by atoms with Crippen molar-refractivity contribution in [3.63, 3.8) is 0 Å². The molecule has 2 aromatic rings. The van der Waals surface area contributed by atoms with Gasteiger partial charge in [0.15, 0.2) is 0 Å². The number of hydrogen-bond acceptors (Lipinski definition) is 3. The minimum atomic E-state index is 0.149. The number of benzene rings is 1. The Hall–Kier alpha value is -1.39. The lowest BCUT2D eigenvalue weighted by Crippen LogP contribution is -2.54. The van der Waals surface area contributed by atoms with Crippen LogP contribution < -0.4 is 5.32 Å². The summed E-state index contributed by atoms with van der Waals surface area (Å²) in [7, 11) is 0. The summed E-state index contributed by atoms with van der Waals surface area (Å²) < 4.78 is 0. The van der Waals surface area contributed by atoms with Crippen LogP contribution in [0.5, 0.6) is 0 Å². The van der Waals surface area contributed by atoms with Crippen LogP contribution in [0.2, 0.25) is 0 Å². The van der Waals surface area contributed by atoms with Gasteiger partial charge < -0.3 is 10.3 Å². The molecule has 0 saturated carbocycles. The first-order valence-corrected chi connectivity index (χ1v) is 7.04. The van der Waals surface area contributed by atoms with Crippen LogP contribution in [0.15, 0.2) is 24.3 Å². The van der Waals surface area contributed by atoms with E-state index < -0.39 is 0 Å². The second-order valence-corrected chi connectivity index (χ2v) is 5.93. The van der Waals surface area contributed by atoms with Crippen molar-refractivity contribution in [2.24, 2.45) is 0 Å². The van der Waals surface area contributed by atoms with E-state index in [2.05, 4.69) is 41.2 Å². The normalized spacial score (nSPS) is 18.0. The molecular formula is C15H22N4. The van der Waals surface area contributed by atoms with Gasteiger partial charge in [-0.2, -0.15) is 0 Å². The first-order valence-electron chi connectivity index (χ1n) is 7.04. The molecule has 0 amide bonds. The van der Waals surface area contributed by atoms with Gasteiger partial charge in [0.1, 0.15) is 5.82 Å². The highest BCUT2D eigenvalue weighted by atomic mass is 15.2. The van der Waals surface area contributed by atoms with Crippen LogP contribution in [-0.4, -0.2) is 46.6 Å². The van der Waals surface area contributed by atoms with E-state index in [-0.39, 0.29) is 5.54 Å². The van der Waals surface area contributed by atoms with Crippen molar-refractivity contribution in [1.29, 1.82) is 0 Å². The number of hydrogen-bond donors (Lipinski definition) is 2. The summed E-state index contributed by atoms with van der Waals surface area (Å²) >= 11 is 0. The molecule has 4 heteroatoms. The minimum Gasteiger partial charge on any atom is -0.342 e. The van der Waals surface area contributed by atoms with E-state index in [1.54, 1.807) is 0 Å². The second kappa shape index (κ2) is 4.94. The average Bonchev–Trinajstić information content (AvgIpc) is 2.81. The molecular weight excluding hydrogens is 236 g/mol. The Kier molecular flexibility index (Phi) is 3.29. The molecule has 19 heavy (non-hydrogen) atoms. The summed E-state index contributed by atoms with van der Waals surface area (Å²) in [5.74, 6) is 1.09. The number of nitrogens with one attached hydrogen (secondary N) is 2. The zero-order chi connectivity index (χ0) is 13.3. The van der Waals surface area contributed by atoms with E-state index in [9.17, 15) is 0 Å². The number of imidazole rings is 1. The van der Waals surface area contributed by atoms with E-state index in [4.69, 9.17) is 4.98 Å². The Labute approximate surface area is 114 Å². The van der Waals surface area contributed by atoms with Gasteiger partial charge in [-0.3, -0.25) is 4.90 Å². The maximum atomic E-state index is 4.69. The van der Waals surface area contributed by atoms with E-state index in [1.807, 2.05) is 12.1 Å². The predicted octanol–water partition coefficient (Wildman–Crippen LogP) is 1.79. The molecule has 3 rings (SSSR count). The van der Waals surface area contributed by atoms with Crippen LogP contribution in [0.4, 0.5) is 0 Å². The summed E-state index contributed by atoms with van der Waals surface area (Å²) in [6.07, 6.45) is 0.960. The molecule has 0 radical (unpaired) electrons. The first kappa shape index (κ1) is 12.6. The highest BCUT2D eigenvalue weighted by Crippen LogP contribution is 2.21. The smallest absolute Gasteiger partial charge is 0.109 e. The molecule has 1 fully saturated rings. The Bertz CT molecular complexity index is 519. The average molecular weight is 258 g/mol. The van der Waals surface area contributed by atoms with E-state index in [1.165, 1.54) is 0 Å². The summed E-state index contributed by atoms with van der Waals surface area (Å²) in [6, 6.07) is 8.23. The largest absolute Gasteiger partial charge is 0.342 e. The number of para-hydroxylation sites is 2. The van der Waals surface area contributed by atoms with Gasteiger partial charge in [-0.05, 0) is 26.0 Å². The lowest BCUT2D eigenvalue weighted by molar-refractivity contribution is 0.102. The van der Waals surface area contributed by atoms with Crippen LogP contribution in [0.25, 0.3) is 11.0 Å². The minimum absolute atomic E-state index is 0.149. The zero-order valence-corrected chi connectivity index (χ0v) is 11.7. The Balaban J connectivity index is 1.78. The summed E-state index contributed by atoms with van der Waals surface area (Å²) in [4.78, 5) is 10.7. The fourth-order valence-corrected chi connectivity index (χ4v) is 2.88. The third-order valence-electron chi connectivity index (χ3n) is 4.01. The molecule has 0 atom stereocenters. The van der Waals surface area contributed by atoms with E-state index in [0.29, 0.717) is 0 Å². The Morgan fingerprint density at radius 3 is 2.68 bits per heavy atom. The monoisotopic (exact) mass is 258 g/mol. The summed E-state index contributed by atoms with van der Waals surface area (Å²) in [5.41, 5.74) is 2.35. The van der Waals surface area contributed by atoms with Crippen LogP contribution in [-0.2, 0) is 6.42 Å². The highest BCUT2D eigenvalue weighted by Gasteiger charge is 2.29. The van der Waals surface area contributed by atoms with Crippen molar-refractivity contribution in [2.45, 2.75) is 25.8 Å². The number of piperazine rings is 1. The maximum Gasteiger partial charge on any atom is 0.109 e. The lowest BCUT2D eigenvalue weighted by atomic mass is 9.97. The molecule has 1 aromatic heterocycles. The summed E-state index contributed by atoms with van der Waals surface area (Å²) in [6.45, 7) is 9.03. The van der Waals surface area contributed by atoms with Crippen molar-refractivity contribution in [2.75, 3.05) is 26.2 Å². The fraction of sp³-hybridized carbons (Fsp3) is 0.533. The van der Waals surface area contributed by atoms with Gasteiger partial charge in [0.05, 0.1) is 11.0 Å². The van der Waals surface area contributed by atoms with E-state index >= 15 is 0 Å². The number of aromatic nitrogens is 2. The molecule has 102 valence electrons. The SMILES string of the molecule is CC(C)(Cc1nc2ccccc2[nH]1)N1CCNCC1. The van der Waals surface area contributed by atoms with Gasteiger partial charge in [-0.25, -0.2) is 4.98 Å². The molecule has 0 spiro atoms. The Morgan fingerprint density at radius 2 is 1.95 bits per heavy atom. The third kappa shape index (κ3) is 2.65. The molecule has 1 aliphatic rings. The van der Waals surface area contributed by atoms with Crippen molar-refractivity contribution in [3.8, 4) is 0 Å². The lowest BCUT2D eigenvalue weighted by Gasteiger charge is -2.40. The molecule has 0 unspecified atom stereocenters. The number of fused-ring (bicyclic) bond motifs is 1. The van der Waals surface area contributed by atoms with Crippen LogP contribution in [0.1, 0.15) is 19.7 Å². The molecule has 2 N–H and O–H groups in total. The molecule has 0 aliphatic carbocycles. The van der Waals surface area contributed by atoms with Crippen molar-refractivity contribution < 1.29 is 0 Å². The third-order valence-corrected chi connectivity index (χ3v) is 4.01. The zero-order valence-electron chi connectivity index (χ0n) is 11.7. The van der Waals surface area contributed by atoms with Crippen molar-refractivity contribution in [1.82, 2.24) is 20.2 Å². The topological polar surface area (TPSA) is 44.0 Å². The molecule has 1 aliphatic heterocycles. The van der Waals surface area contributed by atoms with Gasteiger partial charge in [0, 0.05) is 38.1 Å². The van der Waals surface area contributed by atoms with Crippen LogP contribution in [0.3, 0.4) is 0 Å². The van der Waals surface area contributed by atoms with Crippen molar-refractivity contribution in [3.05, 3.63) is 30.1 Å².